The van der Waals surface area contributed by atoms with Gasteiger partial charge in [0.05, 0.1) is 19.7 Å². The van der Waals surface area contributed by atoms with Gasteiger partial charge in [0.2, 0.25) is 0 Å². The summed E-state index contributed by atoms with van der Waals surface area (Å²) < 4.78 is 9.82. The third-order valence-electron chi connectivity index (χ3n) is 3.37. The smallest absolute Gasteiger partial charge is 0.410 e. The number of carboxylic acid groups (broad SMARTS) is 1. The van der Waals surface area contributed by atoms with Gasteiger partial charge in [0.1, 0.15) is 5.60 Å². The molecule has 1 aliphatic heterocycles. The highest BCUT2D eigenvalue weighted by molar-refractivity contribution is 5.86. The van der Waals surface area contributed by atoms with Crippen LogP contribution in [-0.2, 0) is 14.3 Å². The number of hydrogen-bond acceptors (Lipinski definition) is 5. The zero-order valence-corrected chi connectivity index (χ0v) is 14.1. The standard InChI is InChI=1S/C15H24N2O6/c1-10-7-6-8-15(11(18)19,9-17(10)13(21)22-5)16-12(20)23-14(2,3)4/h6-7,10H,8-9H2,1-5H3,(H,16,20)(H,18,19)/t10-,15-/m0/s1. The van der Waals surface area contributed by atoms with Crippen LogP contribution < -0.4 is 5.32 Å². The Morgan fingerprint density at radius 3 is 2.43 bits per heavy atom. The number of rotatable bonds is 2. The van der Waals surface area contributed by atoms with Gasteiger partial charge in [-0.3, -0.25) is 4.90 Å². The summed E-state index contributed by atoms with van der Waals surface area (Å²) in [5.74, 6) is -1.25. The maximum atomic E-state index is 12.0. The highest BCUT2D eigenvalue weighted by Crippen LogP contribution is 2.22. The fourth-order valence-corrected chi connectivity index (χ4v) is 2.22. The molecule has 8 nitrogen and oxygen atoms in total. The minimum Gasteiger partial charge on any atom is -0.479 e. The Kier molecular flexibility index (Phi) is 5.63. The number of ether oxygens (including phenoxy) is 2. The molecule has 0 spiro atoms. The van der Waals surface area contributed by atoms with Crippen LogP contribution in [-0.4, -0.2) is 59.0 Å². The van der Waals surface area contributed by atoms with E-state index < -0.39 is 29.3 Å². The molecular weight excluding hydrogens is 304 g/mol. The molecule has 1 rings (SSSR count). The van der Waals surface area contributed by atoms with Crippen molar-refractivity contribution in [1.82, 2.24) is 10.2 Å². The highest BCUT2D eigenvalue weighted by Gasteiger charge is 2.45. The fourth-order valence-electron chi connectivity index (χ4n) is 2.22. The van der Waals surface area contributed by atoms with E-state index in [0.717, 1.165) is 0 Å². The van der Waals surface area contributed by atoms with Gasteiger partial charge >= 0.3 is 18.2 Å². The van der Waals surface area contributed by atoms with E-state index in [4.69, 9.17) is 9.47 Å². The molecule has 0 saturated heterocycles. The summed E-state index contributed by atoms with van der Waals surface area (Å²) in [5.41, 5.74) is -2.45. The molecule has 1 aliphatic rings. The number of nitrogens with one attached hydrogen (secondary N) is 1. The zero-order valence-electron chi connectivity index (χ0n) is 14.1. The molecule has 130 valence electrons. The van der Waals surface area contributed by atoms with Crippen molar-refractivity contribution in [3.05, 3.63) is 12.2 Å². The van der Waals surface area contributed by atoms with Gasteiger partial charge < -0.3 is 19.9 Å². The van der Waals surface area contributed by atoms with Gasteiger partial charge in [-0.25, -0.2) is 14.4 Å². The summed E-state index contributed by atoms with van der Waals surface area (Å²) in [5, 5.41) is 12.0. The Balaban J connectivity index is 3.07. The fraction of sp³-hybridized carbons (Fsp3) is 0.667. The molecule has 0 unspecified atom stereocenters. The van der Waals surface area contributed by atoms with Crippen molar-refractivity contribution in [1.29, 1.82) is 0 Å². The Hall–Kier alpha value is -2.25. The number of carbonyl (C=O) groups excluding carboxylic acids is 2. The van der Waals surface area contributed by atoms with E-state index in [2.05, 4.69) is 5.32 Å². The number of aliphatic carboxylic acids is 1. The molecule has 0 aromatic rings. The van der Waals surface area contributed by atoms with Crippen LogP contribution in [0.2, 0.25) is 0 Å². The number of methoxy groups -OCH3 is 1. The molecule has 2 atom stereocenters. The van der Waals surface area contributed by atoms with E-state index >= 15 is 0 Å². The lowest BCUT2D eigenvalue weighted by Crippen LogP contribution is -2.62. The molecule has 0 aromatic heterocycles. The number of carboxylic acids is 1. The first-order chi connectivity index (χ1) is 10.5. The van der Waals surface area contributed by atoms with Crippen LogP contribution in [0.15, 0.2) is 12.2 Å². The Morgan fingerprint density at radius 2 is 1.96 bits per heavy atom. The van der Waals surface area contributed by atoms with E-state index in [9.17, 15) is 19.5 Å². The number of carbonyl (C=O) groups is 3. The first-order valence-corrected chi connectivity index (χ1v) is 7.26. The molecule has 0 aliphatic carbocycles. The third kappa shape index (κ3) is 4.87. The van der Waals surface area contributed by atoms with E-state index in [1.54, 1.807) is 39.8 Å². The topological polar surface area (TPSA) is 105 Å². The quantitative estimate of drug-likeness (QED) is 0.748. The van der Waals surface area contributed by atoms with Crippen molar-refractivity contribution in [3.63, 3.8) is 0 Å². The Bertz CT molecular complexity index is 511. The number of nitrogens with zero attached hydrogens (tertiary/aromatic N) is 1. The SMILES string of the molecule is COC(=O)N1C[C@](NC(=O)OC(C)(C)C)(C(=O)O)CC=C[C@@H]1C. The molecule has 0 bridgehead atoms. The normalized spacial score (nSPS) is 24.6. The van der Waals surface area contributed by atoms with Crippen LogP contribution in [0, 0.1) is 0 Å². The number of alkyl carbamates (subject to hydrolysis) is 1. The van der Waals surface area contributed by atoms with E-state index in [1.165, 1.54) is 12.0 Å². The van der Waals surface area contributed by atoms with E-state index in [1.807, 2.05) is 0 Å². The zero-order chi connectivity index (χ0) is 17.8. The molecule has 8 heteroatoms. The maximum absolute atomic E-state index is 12.0. The van der Waals surface area contributed by atoms with Crippen LogP contribution >= 0.6 is 0 Å². The van der Waals surface area contributed by atoms with Gasteiger partial charge in [-0.2, -0.15) is 0 Å². The van der Waals surface area contributed by atoms with E-state index in [-0.39, 0.29) is 19.0 Å². The van der Waals surface area contributed by atoms with Crippen LogP contribution in [0.4, 0.5) is 9.59 Å². The Labute approximate surface area is 135 Å². The van der Waals surface area contributed by atoms with Crippen molar-refractivity contribution in [3.8, 4) is 0 Å². The predicted molar refractivity (Wildman–Crippen MR) is 82.1 cm³/mol. The van der Waals surface area contributed by atoms with Gasteiger partial charge in [-0.15, -0.1) is 0 Å². The molecule has 23 heavy (non-hydrogen) atoms. The average Bonchev–Trinajstić information content (AvgIpc) is 2.56. The van der Waals surface area contributed by atoms with Crippen LogP contribution in [0.3, 0.4) is 0 Å². The summed E-state index contributed by atoms with van der Waals surface area (Å²) in [6.07, 6.45) is 1.82. The lowest BCUT2D eigenvalue weighted by Gasteiger charge is -2.35. The van der Waals surface area contributed by atoms with Crippen molar-refractivity contribution in [2.45, 2.75) is 51.3 Å². The van der Waals surface area contributed by atoms with Crippen molar-refractivity contribution < 1.29 is 29.0 Å². The summed E-state index contributed by atoms with van der Waals surface area (Å²) in [6, 6.07) is -0.357. The summed E-state index contributed by atoms with van der Waals surface area (Å²) in [6.45, 7) is 6.53. The largest absolute Gasteiger partial charge is 0.479 e. The summed E-state index contributed by atoms with van der Waals surface area (Å²) in [7, 11) is 1.22. The van der Waals surface area contributed by atoms with Gasteiger partial charge in [0.15, 0.2) is 5.54 Å². The minimum absolute atomic E-state index is 0.0272. The van der Waals surface area contributed by atoms with Crippen molar-refractivity contribution >= 4 is 18.2 Å². The Morgan fingerprint density at radius 1 is 1.35 bits per heavy atom. The number of amides is 2. The summed E-state index contributed by atoms with van der Waals surface area (Å²) >= 11 is 0. The molecule has 0 fully saturated rings. The second kappa shape index (κ2) is 6.89. The monoisotopic (exact) mass is 328 g/mol. The second-order valence-electron chi connectivity index (χ2n) is 6.48. The molecule has 2 amide bonds. The molecule has 0 radical (unpaired) electrons. The molecule has 2 N–H and O–H groups in total. The van der Waals surface area contributed by atoms with Gasteiger partial charge in [-0.1, -0.05) is 12.2 Å². The van der Waals surface area contributed by atoms with Crippen molar-refractivity contribution in [2.75, 3.05) is 13.7 Å². The molecule has 0 aromatic carbocycles. The number of hydrogen-bond donors (Lipinski definition) is 2. The molecule has 1 heterocycles. The van der Waals surface area contributed by atoms with Crippen molar-refractivity contribution in [2.24, 2.45) is 0 Å². The lowest BCUT2D eigenvalue weighted by molar-refractivity contribution is -0.145. The third-order valence-corrected chi connectivity index (χ3v) is 3.37. The van der Waals surface area contributed by atoms with Crippen LogP contribution in [0.5, 0.6) is 0 Å². The molecular formula is C15H24N2O6. The second-order valence-corrected chi connectivity index (χ2v) is 6.48. The first-order valence-electron chi connectivity index (χ1n) is 7.26. The van der Waals surface area contributed by atoms with Crippen LogP contribution in [0.25, 0.3) is 0 Å². The predicted octanol–water partition coefficient (Wildman–Crippen LogP) is 1.75. The highest BCUT2D eigenvalue weighted by atomic mass is 16.6. The van der Waals surface area contributed by atoms with Crippen LogP contribution in [0.1, 0.15) is 34.1 Å². The minimum atomic E-state index is -1.68. The molecule has 0 saturated carbocycles. The van der Waals surface area contributed by atoms with E-state index in [0.29, 0.717) is 0 Å². The lowest BCUT2D eigenvalue weighted by atomic mass is 9.95. The average molecular weight is 328 g/mol. The van der Waals surface area contributed by atoms with Gasteiger partial charge in [0.25, 0.3) is 0 Å². The van der Waals surface area contributed by atoms with Gasteiger partial charge in [-0.05, 0) is 27.7 Å². The van der Waals surface area contributed by atoms with Gasteiger partial charge in [0, 0.05) is 6.42 Å². The maximum Gasteiger partial charge on any atom is 0.410 e. The summed E-state index contributed by atoms with van der Waals surface area (Å²) in [4.78, 5) is 37.0. The first kappa shape index (κ1) is 18.8.